The Morgan fingerprint density at radius 1 is 1.00 bits per heavy atom. The van der Waals surface area contributed by atoms with Crippen LogP contribution in [0, 0.1) is 0 Å². The third-order valence-electron chi connectivity index (χ3n) is 5.39. The molecule has 0 atom stereocenters. The van der Waals surface area contributed by atoms with E-state index in [0.717, 1.165) is 39.5 Å². The van der Waals surface area contributed by atoms with Crippen LogP contribution in [-0.2, 0) is 0 Å². The van der Waals surface area contributed by atoms with Gasteiger partial charge in [-0.3, -0.25) is 0 Å². The van der Waals surface area contributed by atoms with E-state index in [1.807, 2.05) is 30.6 Å². The van der Waals surface area contributed by atoms with Gasteiger partial charge in [-0.05, 0) is 49.9 Å². The fourth-order valence-corrected chi connectivity index (χ4v) is 4.74. The van der Waals surface area contributed by atoms with Crippen molar-refractivity contribution < 1.29 is 0 Å². The van der Waals surface area contributed by atoms with E-state index < -0.39 is 0 Å². The number of pyridine rings is 2. The van der Waals surface area contributed by atoms with Crippen molar-refractivity contribution in [1.29, 1.82) is 0 Å². The third-order valence-corrected chi connectivity index (χ3v) is 6.30. The lowest BCUT2D eigenvalue weighted by Crippen LogP contribution is -2.37. The van der Waals surface area contributed by atoms with Crippen LogP contribution in [0.2, 0.25) is 0 Å². The van der Waals surface area contributed by atoms with Crippen molar-refractivity contribution in [3.8, 4) is 0 Å². The van der Waals surface area contributed by atoms with Crippen LogP contribution in [0.3, 0.4) is 0 Å². The number of fused-ring (bicyclic) bond motifs is 2. The zero-order valence-electron chi connectivity index (χ0n) is 14.2. The van der Waals surface area contributed by atoms with Crippen LogP contribution in [-0.4, -0.2) is 30.5 Å². The van der Waals surface area contributed by atoms with Crippen molar-refractivity contribution in [1.82, 2.24) is 24.5 Å². The minimum atomic E-state index is 0.453. The van der Waals surface area contributed by atoms with E-state index in [0.29, 0.717) is 18.0 Å². The van der Waals surface area contributed by atoms with E-state index in [4.69, 9.17) is 4.98 Å². The van der Waals surface area contributed by atoms with Gasteiger partial charge < -0.3 is 9.88 Å². The molecule has 6 nitrogen and oxygen atoms in total. The molecule has 0 bridgehead atoms. The molecule has 0 amide bonds. The lowest BCUT2D eigenvalue weighted by Gasteiger charge is -2.37. The number of nitrogens with zero attached hydrogens (tertiary/aromatic N) is 5. The van der Waals surface area contributed by atoms with Gasteiger partial charge in [-0.2, -0.15) is 0 Å². The molecule has 7 heteroatoms. The Hall–Kier alpha value is -2.54. The predicted molar refractivity (Wildman–Crippen MR) is 103 cm³/mol. The highest BCUT2D eigenvalue weighted by Gasteiger charge is 2.37. The normalized spacial score (nSPS) is 22.6. The summed E-state index contributed by atoms with van der Waals surface area (Å²) < 4.78 is 2.41. The van der Waals surface area contributed by atoms with Crippen LogP contribution >= 0.6 is 11.3 Å². The van der Waals surface area contributed by atoms with Gasteiger partial charge in [0.05, 0.1) is 0 Å². The van der Waals surface area contributed by atoms with Crippen molar-refractivity contribution >= 4 is 38.0 Å². The summed E-state index contributed by atoms with van der Waals surface area (Å²) in [4.78, 5) is 19.5. The second-order valence-electron chi connectivity index (χ2n) is 7.27. The van der Waals surface area contributed by atoms with E-state index >= 15 is 0 Å². The first-order valence-electron chi connectivity index (χ1n) is 9.16. The van der Waals surface area contributed by atoms with Gasteiger partial charge in [-0.1, -0.05) is 11.3 Å². The maximum atomic E-state index is 4.88. The third kappa shape index (κ3) is 2.30. The Kier molecular flexibility index (Phi) is 3.08. The maximum absolute atomic E-state index is 4.88. The Labute approximate surface area is 154 Å². The highest BCUT2D eigenvalue weighted by Crippen LogP contribution is 2.45. The Morgan fingerprint density at radius 3 is 2.62 bits per heavy atom. The molecule has 0 spiro atoms. The van der Waals surface area contributed by atoms with Crippen LogP contribution in [0.1, 0.15) is 43.5 Å². The highest BCUT2D eigenvalue weighted by atomic mass is 32.1. The number of nitrogens with one attached hydrogen (secondary N) is 1. The molecule has 2 fully saturated rings. The second-order valence-corrected chi connectivity index (χ2v) is 8.25. The van der Waals surface area contributed by atoms with Crippen molar-refractivity contribution in [2.75, 3.05) is 5.32 Å². The van der Waals surface area contributed by atoms with E-state index in [1.165, 1.54) is 18.7 Å². The van der Waals surface area contributed by atoms with Crippen LogP contribution in [0.5, 0.6) is 0 Å². The molecule has 6 rings (SSSR count). The zero-order chi connectivity index (χ0) is 17.1. The van der Waals surface area contributed by atoms with Gasteiger partial charge in [0.1, 0.15) is 21.7 Å². The summed E-state index contributed by atoms with van der Waals surface area (Å²) in [5, 5.41) is 4.56. The maximum Gasteiger partial charge on any atom is 0.185 e. The average Bonchev–Trinajstić information content (AvgIpc) is 3.28. The van der Waals surface area contributed by atoms with E-state index in [2.05, 4.69) is 30.9 Å². The van der Waals surface area contributed by atoms with Crippen LogP contribution in [0.4, 0.5) is 5.13 Å². The summed E-state index contributed by atoms with van der Waals surface area (Å²) in [6.07, 6.45) is 8.39. The molecule has 1 N–H and O–H groups in total. The zero-order valence-corrected chi connectivity index (χ0v) is 15.0. The standard InChI is InChI=1S/C19H18N6S/c1-3-14-17(20-7-1)25(16(23-14)11-5-6-11)13-9-12(10-13)22-19-24-15-4-2-8-21-18(15)26-19/h1-4,7-8,11-13H,5-6,9-10H2,(H,22,24). The van der Waals surface area contributed by atoms with Gasteiger partial charge in [-0.15, -0.1) is 0 Å². The molecular weight excluding hydrogens is 344 g/mol. The number of anilines is 1. The SMILES string of the molecule is c1cnc2sc(NC3CC(n4c(C5CC5)nc5cccnc54)C3)nc2c1. The van der Waals surface area contributed by atoms with Crippen LogP contribution < -0.4 is 5.32 Å². The minimum Gasteiger partial charge on any atom is -0.359 e. The molecule has 2 saturated carbocycles. The van der Waals surface area contributed by atoms with Crippen LogP contribution in [0.25, 0.3) is 21.5 Å². The molecule has 0 radical (unpaired) electrons. The molecule has 2 aliphatic carbocycles. The molecule has 0 unspecified atom stereocenters. The molecule has 0 aliphatic heterocycles. The molecule has 4 heterocycles. The fourth-order valence-electron chi connectivity index (χ4n) is 3.86. The fraction of sp³-hybridized carbons (Fsp3) is 0.368. The van der Waals surface area contributed by atoms with Gasteiger partial charge in [0, 0.05) is 30.4 Å². The molecule has 2 aliphatic rings. The molecule has 130 valence electrons. The second kappa shape index (κ2) is 5.48. The molecule has 4 aromatic heterocycles. The largest absolute Gasteiger partial charge is 0.359 e. The minimum absolute atomic E-state index is 0.453. The number of hydrogen-bond donors (Lipinski definition) is 1. The predicted octanol–water partition coefficient (Wildman–Crippen LogP) is 4.13. The van der Waals surface area contributed by atoms with Gasteiger partial charge in [0.2, 0.25) is 0 Å². The average molecular weight is 362 g/mol. The molecule has 0 saturated heterocycles. The number of imidazole rings is 1. The summed E-state index contributed by atoms with van der Waals surface area (Å²) >= 11 is 1.63. The first kappa shape index (κ1) is 14.6. The lowest BCUT2D eigenvalue weighted by atomic mass is 9.86. The Balaban J connectivity index is 1.24. The van der Waals surface area contributed by atoms with E-state index in [9.17, 15) is 0 Å². The van der Waals surface area contributed by atoms with Crippen molar-refractivity contribution in [3.05, 3.63) is 42.5 Å². The van der Waals surface area contributed by atoms with Crippen molar-refractivity contribution in [3.63, 3.8) is 0 Å². The topological polar surface area (TPSA) is 68.5 Å². The number of aromatic nitrogens is 5. The quantitative estimate of drug-likeness (QED) is 0.591. The number of hydrogen-bond acceptors (Lipinski definition) is 6. The Bertz CT molecular complexity index is 1070. The summed E-state index contributed by atoms with van der Waals surface area (Å²) in [6, 6.07) is 8.93. The highest BCUT2D eigenvalue weighted by molar-refractivity contribution is 7.21. The summed E-state index contributed by atoms with van der Waals surface area (Å²) in [6.45, 7) is 0. The summed E-state index contributed by atoms with van der Waals surface area (Å²) in [7, 11) is 0. The lowest BCUT2D eigenvalue weighted by molar-refractivity contribution is 0.281. The van der Waals surface area contributed by atoms with Crippen molar-refractivity contribution in [2.24, 2.45) is 0 Å². The molecule has 26 heavy (non-hydrogen) atoms. The van der Waals surface area contributed by atoms with Gasteiger partial charge >= 0.3 is 0 Å². The number of rotatable bonds is 4. The van der Waals surface area contributed by atoms with Crippen molar-refractivity contribution in [2.45, 2.75) is 43.7 Å². The Morgan fingerprint density at radius 2 is 1.81 bits per heavy atom. The molecule has 0 aromatic carbocycles. The van der Waals surface area contributed by atoms with Gasteiger partial charge in [0.25, 0.3) is 0 Å². The summed E-state index contributed by atoms with van der Waals surface area (Å²) in [5.41, 5.74) is 3.04. The summed E-state index contributed by atoms with van der Waals surface area (Å²) in [5.74, 6) is 1.87. The van der Waals surface area contributed by atoms with Gasteiger partial charge in [-0.25, -0.2) is 19.9 Å². The smallest absolute Gasteiger partial charge is 0.185 e. The van der Waals surface area contributed by atoms with E-state index in [-0.39, 0.29) is 0 Å². The molecule has 4 aromatic rings. The monoisotopic (exact) mass is 362 g/mol. The van der Waals surface area contributed by atoms with Crippen LogP contribution in [0.15, 0.2) is 36.7 Å². The number of thiazole rings is 1. The molecular formula is C19H18N6S. The first-order chi connectivity index (χ1) is 12.8. The van der Waals surface area contributed by atoms with Gasteiger partial charge in [0.15, 0.2) is 10.8 Å². The van der Waals surface area contributed by atoms with E-state index in [1.54, 1.807) is 11.3 Å². The first-order valence-corrected chi connectivity index (χ1v) is 9.98.